The van der Waals surface area contributed by atoms with Gasteiger partial charge in [0.1, 0.15) is 5.75 Å². The van der Waals surface area contributed by atoms with Gasteiger partial charge in [-0.15, -0.1) is 0 Å². The van der Waals surface area contributed by atoms with Crippen molar-refractivity contribution in [3.63, 3.8) is 0 Å². The minimum absolute atomic E-state index is 0.276. The molecule has 4 rings (SSSR count). The average Bonchev–Trinajstić information content (AvgIpc) is 2.74. The SMILES string of the molecule is CC(Oc1cccc2ccccc12)C(=O)NN=Cc1cc2ccccc2[nH]c1=O. The fourth-order valence-electron chi connectivity index (χ4n) is 3.06. The van der Waals surface area contributed by atoms with Crippen LogP contribution in [0.25, 0.3) is 21.7 Å². The first-order valence-electron chi connectivity index (χ1n) is 9.21. The molecule has 144 valence electrons. The molecule has 3 aromatic carbocycles. The molecule has 0 radical (unpaired) electrons. The van der Waals surface area contributed by atoms with Crippen molar-refractivity contribution in [1.82, 2.24) is 10.4 Å². The number of rotatable bonds is 5. The van der Waals surface area contributed by atoms with E-state index in [0.29, 0.717) is 11.3 Å². The Morgan fingerprint density at radius 1 is 1.03 bits per heavy atom. The van der Waals surface area contributed by atoms with Crippen LogP contribution in [-0.4, -0.2) is 23.2 Å². The van der Waals surface area contributed by atoms with Gasteiger partial charge >= 0.3 is 0 Å². The van der Waals surface area contributed by atoms with Gasteiger partial charge in [-0.3, -0.25) is 9.59 Å². The van der Waals surface area contributed by atoms with Gasteiger partial charge in [-0.1, -0.05) is 54.6 Å². The number of carbonyl (C=O) groups excluding carboxylic acids is 1. The van der Waals surface area contributed by atoms with Gasteiger partial charge < -0.3 is 9.72 Å². The van der Waals surface area contributed by atoms with E-state index in [1.807, 2.05) is 66.7 Å². The zero-order valence-corrected chi connectivity index (χ0v) is 15.8. The van der Waals surface area contributed by atoms with Crippen molar-refractivity contribution in [2.75, 3.05) is 0 Å². The molecule has 4 aromatic rings. The first-order chi connectivity index (χ1) is 14.1. The summed E-state index contributed by atoms with van der Waals surface area (Å²) in [5.74, 6) is 0.215. The van der Waals surface area contributed by atoms with Crippen molar-refractivity contribution in [3.8, 4) is 5.75 Å². The van der Waals surface area contributed by atoms with Crippen molar-refractivity contribution in [1.29, 1.82) is 0 Å². The van der Waals surface area contributed by atoms with Crippen molar-refractivity contribution < 1.29 is 9.53 Å². The zero-order chi connectivity index (χ0) is 20.2. The van der Waals surface area contributed by atoms with E-state index in [-0.39, 0.29) is 5.56 Å². The smallest absolute Gasteiger partial charge is 0.280 e. The number of fused-ring (bicyclic) bond motifs is 2. The summed E-state index contributed by atoms with van der Waals surface area (Å²) in [4.78, 5) is 27.2. The summed E-state index contributed by atoms with van der Waals surface area (Å²) in [6.45, 7) is 1.65. The summed E-state index contributed by atoms with van der Waals surface area (Å²) in [5.41, 5.74) is 3.25. The van der Waals surface area contributed by atoms with Crippen molar-refractivity contribution >= 4 is 33.8 Å². The second-order valence-corrected chi connectivity index (χ2v) is 6.61. The van der Waals surface area contributed by atoms with E-state index in [1.165, 1.54) is 6.21 Å². The Hall–Kier alpha value is -3.93. The van der Waals surface area contributed by atoms with E-state index in [9.17, 15) is 9.59 Å². The van der Waals surface area contributed by atoms with E-state index in [2.05, 4.69) is 15.5 Å². The number of aromatic amines is 1. The van der Waals surface area contributed by atoms with E-state index >= 15 is 0 Å². The number of hydrogen-bond acceptors (Lipinski definition) is 4. The van der Waals surface area contributed by atoms with Crippen LogP contribution in [-0.2, 0) is 4.79 Å². The largest absolute Gasteiger partial charge is 0.480 e. The molecule has 0 aliphatic heterocycles. The van der Waals surface area contributed by atoms with Crippen LogP contribution in [0.15, 0.2) is 82.7 Å². The molecule has 1 unspecified atom stereocenters. The van der Waals surface area contributed by atoms with Gasteiger partial charge in [0, 0.05) is 10.9 Å². The number of hydrogen-bond donors (Lipinski definition) is 2. The van der Waals surface area contributed by atoms with Crippen LogP contribution in [0.2, 0.25) is 0 Å². The number of ether oxygens (including phenoxy) is 1. The molecule has 0 spiro atoms. The van der Waals surface area contributed by atoms with Crippen LogP contribution in [0.4, 0.5) is 0 Å². The van der Waals surface area contributed by atoms with E-state index < -0.39 is 12.0 Å². The van der Waals surface area contributed by atoms with Crippen LogP contribution in [0.1, 0.15) is 12.5 Å². The van der Waals surface area contributed by atoms with Gasteiger partial charge in [0.15, 0.2) is 6.10 Å². The maximum absolute atomic E-state index is 12.3. The number of amides is 1. The Bertz CT molecular complexity index is 1270. The standard InChI is InChI=1S/C23H19N3O3/c1-15(29-21-12-6-9-16-7-2-4-10-19(16)21)22(27)26-24-14-18-13-17-8-3-5-11-20(17)25-23(18)28/h2-15H,1H3,(H,25,28)(H,26,27). The van der Waals surface area contributed by atoms with E-state index in [0.717, 1.165) is 21.7 Å². The highest BCUT2D eigenvalue weighted by Crippen LogP contribution is 2.26. The maximum atomic E-state index is 12.3. The second kappa shape index (κ2) is 7.98. The molecule has 0 aliphatic rings. The zero-order valence-electron chi connectivity index (χ0n) is 15.8. The van der Waals surface area contributed by atoms with Crippen LogP contribution < -0.4 is 15.7 Å². The predicted molar refractivity (Wildman–Crippen MR) is 114 cm³/mol. The quantitative estimate of drug-likeness (QED) is 0.407. The number of nitrogens with zero attached hydrogens (tertiary/aromatic N) is 1. The summed E-state index contributed by atoms with van der Waals surface area (Å²) in [5, 5.41) is 6.76. The van der Waals surface area contributed by atoms with E-state index in [4.69, 9.17) is 4.74 Å². The molecule has 6 heteroatoms. The molecule has 1 heterocycles. The highest BCUT2D eigenvalue weighted by atomic mass is 16.5. The number of carbonyl (C=O) groups is 1. The van der Waals surface area contributed by atoms with Crippen LogP contribution in [0.3, 0.4) is 0 Å². The molecular weight excluding hydrogens is 366 g/mol. The number of pyridine rings is 1. The lowest BCUT2D eigenvalue weighted by Crippen LogP contribution is -2.33. The summed E-state index contributed by atoms with van der Waals surface area (Å²) < 4.78 is 5.82. The molecule has 0 saturated carbocycles. The van der Waals surface area contributed by atoms with Crippen molar-refractivity contribution in [3.05, 3.63) is 88.7 Å². The lowest BCUT2D eigenvalue weighted by atomic mass is 10.1. The molecule has 0 aliphatic carbocycles. The van der Waals surface area contributed by atoms with Gasteiger partial charge in [0.2, 0.25) is 0 Å². The van der Waals surface area contributed by atoms with Crippen molar-refractivity contribution in [2.45, 2.75) is 13.0 Å². The number of hydrazone groups is 1. The molecule has 0 bridgehead atoms. The van der Waals surface area contributed by atoms with Crippen molar-refractivity contribution in [2.24, 2.45) is 5.10 Å². The van der Waals surface area contributed by atoms with Gasteiger partial charge in [-0.25, -0.2) is 5.43 Å². The molecule has 0 saturated heterocycles. The maximum Gasteiger partial charge on any atom is 0.280 e. The fraction of sp³-hybridized carbons (Fsp3) is 0.0870. The minimum Gasteiger partial charge on any atom is -0.480 e. The predicted octanol–water partition coefficient (Wildman–Crippen LogP) is 3.60. The van der Waals surface area contributed by atoms with Gasteiger partial charge in [-0.05, 0) is 35.9 Å². The van der Waals surface area contributed by atoms with Crippen LogP contribution in [0, 0.1) is 0 Å². The minimum atomic E-state index is -0.757. The summed E-state index contributed by atoms with van der Waals surface area (Å²) in [6, 6.07) is 22.7. The summed E-state index contributed by atoms with van der Waals surface area (Å²) in [7, 11) is 0. The highest BCUT2D eigenvalue weighted by molar-refractivity contribution is 5.90. The van der Waals surface area contributed by atoms with E-state index in [1.54, 1.807) is 13.0 Å². The Morgan fingerprint density at radius 2 is 1.76 bits per heavy atom. The molecule has 29 heavy (non-hydrogen) atoms. The molecule has 1 atom stereocenters. The number of aromatic nitrogens is 1. The molecule has 0 fully saturated rings. The molecule has 6 nitrogen and oxygen atoms in total. The molecule has 1 aromatic heterocycles. The van der Waals surface area contributed by atoms with Gasteiger partial charge in [0.25, 0.3) is 11.5 Å². The average molecular weight is 385 g/mol. The molecule has 2 N–H and O–H groups in total. The third kappa shape index (κ3) is 4.01. The lowest BCUT2D eigenvalue weighted by molar-refractivity contribution is -0.127. The number of para-hydroxylation sites is 1. The Kier molecular flexibility index (Phi) is 5.07. The Balaban J connectivity index is 1.45. The third-order valence-electron chi connectivity index (χ3n) is 4.58. The van der Waals surface area contributed by atoms with Crippen LogP contribution in [0.5, 0.6) is 5.75 Å². The monoisotopic (exact) mass is 385 g/mol. The van der Waals surface area contributed by atoms with Gasteiger partial charge in [0.05, 0.1) is 11.8 Å². The topological polar surface area (TPSA) is 83.5 Å². The lowest BCUT2D eigenvalue weighted by Gasteiger charge is -2.14. The number of benzene rings is 3. The fourth-order valence-corrected chi connectivity index (χ4v) is 3.06. The first kappa shape index (κ1) is 18.4. The Labute approximate surface area is 166 Å². The summed E-state index contributed by atoms with van der Waals surface area (Å²) >= 11 is 0. The summed E-state index contributed by atoms with van der Waals surface area (Å²) in [6.07, 6.45) is 0.571. The first-order valence-corrected chi connectivity index (χ1v) is 9.21. The third-order valence-corrected chi connectivity index (χ3v) is 4.58. The van der Waals surface area contributed by atoms with Gasteiger partial charge in [-0.2, -0.15) is 5.10 Å². The Morgan fingerprint density at radius 3 is 2.62 bits per heavy atom. The van der Waals surface area contributed by atoms with Crippen LogP contribution >= 0.6 is 0 Å². The normalized spacial score (nSPS) is 12.3. The molecular formula is C23H19N3O3. The highest BCUT2D eigenvalue weighted by Gasteiger charge is 2.15. The number of nitrogens with one attached hydrogen (secondary N) is 2. The second-order valence-electron chi connectivity index (χ2n) is 6.61. The number of H-pyrrole nitrogens is 1. The molecule has 1 amide bonds.